The zero-order chi connectivity index (χ0) is 10.9. The van der Waals surface area contributed by atoms with E-state index in [1.54, 1.807) is 0 Å². The molecule has 0 aromatic rings. The monoisotopic (exact) mass is 248 g/mol. The van der Waals surface area contributed by atoms with Crippen LogP contribution in [0.15, 0.2) is 6.25 Å². The van der Waals surface area contributed by atoms with Crippen LogP contribution in [-0.4, -0.2) is 94.1 Å². The third-order valence-electron chi connectivity index (χ3n) is 1.31. The van der Waals surface area contributed by atoms with Gasteiger partial charge in [0.15, 0.2) is 0 Å². The number of hydrogen-bond acceptors (Lipinski definition) is 4. The first-order valence-electron chi connectivity index (χ1n) is 4.28. The van der Waals surface area contributed by atoms with Gasteiger partial charge in [-0.2, -0.15) is 0 Å². The second-order valence-electron chi connectivity index (χ2n) is 2.54. The van der Waals surface area contributed by atoms with E-state index in [2.05, 4.69) is 0.171 Å². The van der Waals surface area contributed by atoms with Gasteiger partial charge in [0.25, 0.3) is 0 Å². The third kappa shape index (κ3) is 13.2. The Balaban J connectivity index is 3.15. The minimum absolute atomic E-state index is 0.00113. The fourth-order valence-electron chi connectivity index (χ4n) is 0.632. The Kier molecular flexibility index (Phi) is 10.2. The van der Waals surface area contributed by atoms with Crippen LogP contribution >= 0.6 is 0 Å². The molecular weight excluding hydrogens is 235 g/mol. The van der Waals surface area contributed by atoms with Gasteiger partial charge < -0.3 is 0 Å². The van der Waals surface area contributed by atoms with Crippen molar-refractivity contribution in [2.45, 2.75) is 0 Å². The van der Waals surface area contributed by atoms with Crippen LogP contribution in [0.4, 0.5) is 0 Å². The second-order valence-corrected chi connectivity index (χ2v) is 5.16. The van der Waals surface area contributed by atoms with Crippen molar-refractivity contribution in [3.63, 3.8) is 0 Å². The third-order valence-corrected chi connectivity index (χ3v) is 2.73. The van der Waals surface area contributed by atoms with Crippen LogP contribution in [0.25, 0.3) is 0 Å². The molecule has 0 aliphatic heterocycles. The van der Waals surface area contributed by atoms with Crippen LogP contribution in [0.1, 0.15) is 0 Å². The van der Waals surface area contributed by atoms with E-state index in [4.69, 9.17) is 14.0 Å². The molecule has 0 bridgehead atoms. The van der Waals surface area contributed by atoms with Gasteiger partial charge in [0.2, 0.25) is 0 Å². The summed E-state index contributed by atoms with van der Waals surface area (Å²) in [7, 11) is -3.90. The van der Waals surface area contributed by atoms with Gasteiger partial charge >= 0.3 is 120 Å². The van der Waals surface area contributed by atoms with Gasteiger partial charge in [-0.15, -0.1) is 0 Å². The van der Waals surface area contributed by atoms with Crippen molar-refractivity contribution >= 4 is 59.1 Å². The molecule has 0 saturated carbocycles. The summed E-state index contributed by atoms with van der Waals surface area (Å²) in [6.45, 7) is 1.35. The summed E-state index contributed by atoms with van der Waals surface area (Å²) < 4.78 is 40.9. The summed E-state index contributed by atoms with van der Waals surface area (Å²) in [5.74, 6) is -0.366. The van der Waals surface area contributed by atoms with Gasteiger partial charge in [-0.1, -0.05) is 0 Å². The molecule has 0 spiro atoms. The molecule has 0 amide bonds. The Hall–Kier alpha value is 1.21. The van der Waals surface area contributed by atoms with Crippen LogP contribution in [0.5, 0.6) is 0 Å². The van der Waals surface area contributed by atoms with Gasteiger partial charge in [-0.05, 0) is 0 Å². The van der Waals surface area contributed by atoms with Gasteiger partial charge in [0.05, 0.1) is 0 Å². The summed E-state index contributed by atoms with van der Waals surface area (Å²) >= 11 is 0.711. The summed E-state index contributed by atoms with van der Waals surface area (Å²) in [6.07, 6.45) is 1.94. The molecule has 7 heteroatoms. The molecule has 0 heterocycles. The summed E-state index contributed by atoms with van der Waals surface area (Å²) in [6, 6.07) is 0. The molecule has 0 aromatic carbocycles. The van der Waals surface area contributed by atoms with Gasteiger partial charge in [-0.25, -0.2) is 0 Å². The van der Waals surface area contributed by atoms with E-state index < -0.39 is 10.1 Å². The molecule has 0 aliphatic carbocycles. The van der Waals surface area contributed by atoms with Crippen molar-refractivity contribution in [3.05, 3.63) is 6.25 Å². The Morgan fingerprint density at radius 3 is 2.43 bits per heavy atom. The van der Waals surface area contributed by atoms with Gasteiger partial charge in [0.1, 0.15) is 0 Å². The van der Waals surface area contributed by atoms with E-state index in [1.165, 1.54) is 0 Å². The topological polar surface area (TPSA) is 72.8 Å². The summed E-state index contributed by atoms with van der Waals surface area (Å²) in [5, 5.41) is 0. The van der Waals surface area contributed by atoms with E-state index in [9.17, 15) is 8.42 Å². The Labute approximate surface area is 118 Å². The normalized spacial score (nSPS) is 12.5. The van der Waals surface area contributed by atoms with Crippen molar-refractivity contribution in [2.24, 2.45) is 0 Å². The van der Waals surface area contributed by atoms with E-state index in [0.29, 0.717) is 68.8 Å². The van der Waals surface area contributed by atoms with Gasteiger partial charge in [-0.3, -0.25) is 0 Å². The molecule has 0 aliphatic rings. The molecule has 5 nitrogen and oxygen atoms in total. The summed E-state index contributed by atoms with van der Waals surface area (Å²) in [4.78, 5) is 0. The molecule has 14 heavy (non-hydrogen) atoms. The Bertz CT molecular complexity index is 249. The Morgan fingerprint density at radius 1 is 1.21 bits per heavy atom. The average molecular weight is 248 g/mol. The van der Waals surface area contributed by atoms with Crippen LogP contribution in [0.2, 0.25) is 0 Å². The molecule has 0 fully saturated rings. The van der Waals surface area contributed by atoms with Crippen molar-refractivity contribution < 1.29 is 22.4 Å². The molecule has 0 saturated heterocycles. The fraction of sp³-hybridized carbons (Fsp3) is 0.714. The van der Waals surface area contributed by atoms with Gasteiger partial charge in [0, 0.05) is 0 Å². The molecule has 78 valence electrons. The van der Waals surface area contributed by atoms with Crippen LogP contribution in [-0.2, 0) is 19.6 Å². The first kappa shape index (κ1) is 15.2. The van der Waals surface area contributed by atoms with Crippen molar-refractivity contribution in [3.8, 4) is 0 Å². The molecule has 0 unspecified atom stereocenters. The van der Waals surface area contributed by atoms with Crippen molar-refractivity contribution in [1.29, 1.82) is 0 Å². The molecular formula is C7H13KO5S. The van der Waals surface area contributed by atoms with Crippen LogP contribution < -0.4 is 0 Å². The van der Waals surface area contributed by atoms with Crippen LogP contribution in [0, 0.1) is 0 Å². The Morgan fingerprint density at radius 2 is 1.86 bits per heavy atom. The van der Waals surface area contributed by atoms with E-state index in [1.807, 2.05) is 6.08 Å². The number of rotatable bonds is 8. The number of hydrogen-bond donors (Lipinski definition) is 1. The minimum atomic E-state index is -3.90. The average Bonchev–Trinajstić information content (AvgIpc) is 2.08. The maximum atomic E-state index is 10.2. The number of ether oxygens (including phenoxy) is 2. The summed E-state index contributed by atoms with van der Waals surface area (Å²) in [5.41, 5.74) is 0. The second kappa shape index (κ2) is 9.43. The van der Waals surface area contributed by atoms with Crippen molar-refractivity contribution in [1.82, 2.24) is 0 Å². The zero-order valence-corrected chi connectivity index (χ0v) is 12.1. The molecule has 0 rings (SSSR count). The SMILES string of the molecule is O=S(=O)(O)CCOCCOCC=[CH][K]. The molecule has 0 aromatic heterocycles. The standard InChI is InChI=1S/C7H13O5S.K/c1-2-3-11-4-5-12-6-7-13(8,9)10;/h1-2H,3-7H2,(H,8,9,10);. The predicted molar refractivity (Wildman–Crippen MR) is 52.9 cm³/mol. The molecule has 0 radical (unpaired) electrons. The van der Waals surface area contributed by atoms with E-state index in [-0.39, 0.29) is 12.4 Å². The van der Waals surface area contributed by atoms with Crippen LogP contribution in [0.3, 0.4) is 0 Å². The quantitative estimate of drug-likeness (QED) is 0.359. The zero-order valence-electron chi connectivity index (χ0n) is 8.18. The van der Waals surface area contributed by atoms with E-state index >= 15 is 0 Å². The molecule has 1 N–H and O–H groups in total. The fourth-order valence-corrected chi connectivity index (χ4v) is 1.26. The van der Waals surface area contributed by atoms with E-state index in [0.717, 1.165) is 0 Å². The predicted octanol–water partition coefficient (Wildman–Crippen LogP) is -0.410. The van der Waals surface area contributed by atoms with Crippen molar-refractivity contribution in [2.75, 3.05) is 32.2 Å². The first-order chi connectivity index (χ1) is 6.56. The maximum absolute atomic E-state index is 10.2. The molecule has 0 atom stereocenters. The first-order valence-corrected chi connectivity index (χ1v) is 7.69.